The molecule has 0 aromatic heterocycles. The predicted molar refractivity (Wildman–Crippen MR) is 64.7 cm³/mol. The molecule has 0 heterocycles. The molecule has 0 rings (SSSR count). The maximum absolute atomic E-state index is 3.44. The molecule has 2 unspecified atom stereocenters. The molecule has 0 aliphatic heterocycles. The van der Waals surface area contributed by atoms with Crippen molar-refractivity contribution in [2.75, 3.05) is 20.1 Å². The van der Waals surface area contributed by atoms with Gasteiger partial charge >= 0.3 is 0 Å². The van der Waals surface area contributed by atoms with Gasteiger partial charge in [-0.2, -0.15) is 0 Å². The van der Waals surface area contributed by atoms with Gasteiger partial charge < -0.3 is 10.2 Å². The number of nitrogens with one attached hydrogen (secondary N) is 1. The van der Waals surface area contributed by atoms with Gasteiger partial charge in [0, 0.05) is 18.6 Å². The smallest absolute Gasteiger partial charge is 0.0166 e. The summed E-state index contributed by atoms with van der Waals surface area (Å²) < 4.78 is 0. The van der Waals surface area contributed by atoms with Crippen molar-refractivity contribution in [3.63, 3.8) is 0 Å². The summed E-state index contributed by atoms with van der Waals surface area (Å²) in [7, 11) is 2.22. The average molecular weight is 200 g/mol. The van der Waals surface area contributed by atoms with Crippen LogP contribution in [0.15, 0.2) is 0 Å². The second kappa shape index (κ2) is 7.24. The molecule has 14 heavy (non-hydrogen) atoms. The molecule has 0 aliphatic carbocycles. The van der Waals surface area contributed by atoms with E-state index in [0.29, 0.717) is 12.1 Å². The number of nitrogens with zero attached hydrogens (tertiary/aromatic N) is 1. The maximum atomic E-state index is 3.44. The van der Waals surface area contributed by atoms with Crippen LogP contribution in [-0.2, 0) is 0 Å². The van der Waals surface area contributed by atoms with Crippen LogP contribution in [0.5, 0.6) is 0 Å². The molecule has 2 nitrogen and oxygen atoms in total. The third kappa shape index (κ3) is 6.39. The molecule has 0 saturated carbocycles. The number of hydrogen-bond acceptors (Lipinski definition) is 2. The van der Waals surface area contributed by atoms with Crippen molar-refractivity contribution in [3.8, 4) is 0 Å². The molecule has 0 bridgehead atoms. The van der Waals surface area contributed by atoms with E-state index in [1.54, 1.807) is 0 Å². The molecule has 0 spiro atoms. The van der Waals surface area contributed by atoms with Gasteiger partial charge in [-0.3, -0.25) is 0 Å². The molecule has 0 aromatic rings. The van der Waals surface area contributed by atoms with E-state index >= 15 is 0 Å². The molecule has 2 heteroatoms. The van der Waals surface area contributed by atoms with E-state index in [1.807, 2.05) is 0 Å². The average Bonchev–Trinajstić information content (AvgIpc) is 2.02. The Morgan fingerprint density at radius 2 is 1.71 bits per heavy atom. The summed E-state index contributed by atoms with van der Waals surface area (Å²) >= 11 is 0. The molecule has 0 radical (unpaired) electrons. The Hall–Kier alpha value is -0.0800. The van der Waals surface area contributed by atoms with E-state index in [1.165, 1.54) is 6.42 Å². The van der Waals surface area contributed by atoms with Crippen LogP contribution in [0, 0.1) is 5.92 Å². The molecule has 0 amide bonds. The van der Waals surface area contributed by atoms with Gasteiger partial charge in [0.25, 0.3) is 0 Å². The van der Waals surface area contributed by atoms with Gasteiger partial charge in [-0.05, 0) is 39.8 Å². The van der Waals surface area contributed by atoms with Gasteiger partial charge in [0.2, 0.25) is 0 Å². The molecule has 0 aromatic carbocycles. The highest BCUT2D eigenvalue weighted by Gasteiger charge is 2.12. The zero-order chi connectivity index (χ0) is 11.1. The van der Waals surface area contributed by atoms with Crippen LogP contribution in [0.4, 0.5) is 0 Å². The highest BCUT2D eigenvalue weighted by molar-refractivity contribution is 4.70. The van der Waals surface area contributed by atoms with Crippen LogP contribution in [0.3, 0.4) is 0 Å². The summed E-state index contributed by atoms with van der Waals surface area (Å²) in [5.41, 5.74) is 0. The molecule has 2 atom stereocenters. The second-order valence-corrected chi connectivity index (χ2v) is 4.88. The predicted octanol–water partition coefficient (Wildman–Crippen LogP) is 2.35. The van der Waals surface area contributed by atoms with Crippen LogP contribution >= 0.6 is 0 Å². The fourth-order valence-corrected chi connectivity index (χ4v) is 1.89. The third-order valence-electron chi connectivity index (χ3n) is 2.68. The number of hydrogen-bond donors (Lipinski definition) is 1. The summed E-state index contributed by atoms with van der Waals surface area (Å²) in [4.78, 5) is 2.45. The minimum atomic E-state index is 0.597. The van der Waals surface area contributed by atoms with E-state index in [2.05, 4.69) is 51.9 Å². The van der Waals surface area contributed by atoms with Crippen LogP contribution in [0.1, 0.15) is 41.0 Å². The van der Waals surface area contributed by atoms with Crippen molar-refractivity contribution in [1.82, 2.24) is 10.2 Å². The number of rotatable bonds is 7. The summed E-state index contributed by atoms with van der Waals surface area (Å²) in [5.74, 6) is 0.793. The Kier molecular flexibility index (Phi) is 7.20. The lowest BCUT2D eigenvalue weighted by Gasteiger charge is -2.28. The Labute approximate surface area is 90.1 Å². The molecule has 0 saturated heterocycles. The molecular weight excluding hydrogens is 172 g/mol. The lowest BCUT2D eigenvalue weighted by atomic mass is 10.0. The van der Waals surface area contributed by atoms with Gasteiger partial charge in [-0.15, -0.1) is 0 Å². The Balaban J connectivity index is 3.76. The Morgan fingerprint density at radius 1 is 1.14 bits per heavy atom. The van der Waals surface area contributed by atoms with Crippen molar-refractivity contribution >= 4 is 0 Å². The van der Waals surface area contributed by atoms with Crippen molar-refractivity contribution in [2.45, 2.75) is 53.1 Å². The summed E-state index contributed by atoms with van der Waals surface area (Å²) in [6.45, 7) is 13.5. The zero-order valence-electron chi connectivity index (χ0n) is 10.8. The first kappa shape index (κ1) is 13.9. The van der Waals surface area contributed by atoms with Crippen LogP contribution < -0.4 is 5.32 Å². The van der Waals surface area contributed by atoms with Crippen molar-refractivity contribution in [3.05, 3.63) is 0 Å². The SMILES string of the molecule is CCNC(C)CN(C)C(C)CC(C)C. The first-order valence-electron chi connectivity index (χ1n) is 5.91. The van der Waals surface area contributed by atoms with Gasteiger partial charge in [0.1, 0.15) is 0 Å². The second-order valence-electron chi connectivity index (χ2n) is 4.88. The highest BCUT2D eigenvalue weighted by atomic mass is 15.1. The fraction of sp³-hybridized carbons (Fsp3) is 1.00. The lowest BCUT2D eigenvalue weighted by Crippen LogP contribution is -2.41. The molecular formula is C12H28N2. The lowest BCUT2D eigenvalue weighted by molar-refractivity contribution is 0.210. The van der Waals surface area contributed by atoms with Crippen LogP contribution in [0.25, 0.3) is 0 Å². The largest absolute Gasteiger partial charge is 0.313 e. The van der Waals surface area contributed by atoms with Crippen molar-refractivity contribution < 1.29 is 0 Å². The van der Waals surface area contributed by atoms with E-state index in [4.69, 9.17) is 0 Å². The minimum absolute atomic E-state index is 0.597. The fourth-order valence-electron chi connectivity index (χ4n) is 1.89. The monoisotopic (exact) mass is 200 g/mol. The maximum Gasteiger partial charge on any atom is 0.0166 e. The van der Waals surface area contributed by atoms with Crippen LogP contribution in [0.2, 0.25) is 0 Å². The van der Waals surface area contributed by atoms with Gasteiger partial charge in [-0.25, -0.2) is 0 Å². The summed E-state index contributed by atoms with van der Waals surface area (Å²) in [5, 5.41) is 3.44. The van der Waals surface area contributed by atoms with Crippen molar-refractivity contribution in [2.24, 2.45) is 5.92 Å². The molecule has 0 fully saturated rings. The van der Waals surface area contributed by atoms with E-state index in [0.717, 1.165) is 19.0 Å². The first-order valence-corrected chi connectivity index (χ1v) is 5.91. The molecule has 86 valence electrons. The Morgan fingerprint density at radius 3 is 2.14 bits per heavy atom. The third-order valence-corrected chi connectivity index (χ3v) is 2.68. The highest BCUT2D eigenvalue weighted by Crippen LogP contribution is 2.09. The van der Waals surface area contributed by atoms with Crippen LogP contribution in [-0.4, -0.2) is 37.1 Å². The van der Waals surface area contributed by atoms with Gasteiger partial charge in [-0.1, -0.05) is 20.8 Å². The molecule has 0 aliphatic rings. The minimum Gasteiger partial charge on any atom is -0.313 e. The van der Waals surface area contributed by atoms with E-state index < -0.39 is 0 Å². The number of likely N-dealkylation sites (N-methyl/N-ethyl adjacent to an activating group) is 2. The Bertz CT molecular complexity index is 134. The molecule has 1 N–H and O–H groups in total. The van der Waals surface area contributed by atoms with Gasteiger partial charge in [0.05, 0.1) is 0 Å². The first-order chi connectivity index (χ1) is 6.47. The quantitative estimate of drug-likeness (QED) is 0.678. The van der Waals surface area contributed by atoms with E-state index in [-0.39, 0.29) is 0 Å². The van der Waals surface area contributed by atoms with E-state index in [9.17, 15) is 0 Å². The standard InChI is InChI=1S/C12H28N2/c1-7-13-11(4)9-14(6)12(5)8-10(2)3/h10-13H,7-9H2,1-6H3. The summed E-state index contributed by atoms with van der Waals surface area (Å²) in [6.07, 6.45) is 1.29. The van der Waals surface area contributed by atoms with Crippen molar-refractivity contribution in [1.29, 1.82) is 0 Å². The summed E-state index contributed by atoms with van der Waals surface area (Å²) in [6, 6.07) is 1.29. The van der Waals surface area contributed by atoms with Gasteiger partial charge in [0.15, 0.2) is 0 Å². The normalized spacial score (nSPS) is 16.3. The topological polar surface area (TPSA) is 15.3 Å². The zero-order valence-corrected chi connectivity index (χ0v) is 10.8.